The van der Waals surface area contributed by atoms with Gasteiger partial charge in [-0.05, 0) is 24.1 Å². The van der Waals surface area contributed by atoms with E-state index < -0.39 is 28.3 Å². The molecule has 2 rings (SSSR count). The van der Waals surface area contributed by atoms with Crippen molar-refractivity contribution in [1.82, 2.24) is 5.32 Å². The number of ether oxygens (including phenoxy) is 1. The van der Waals surface area contributed by atoms with E-state index in [1.807, 2.05) is 0 Å². The van der Waals surface area contributed by atoms with Gasteiger partial charge in [-0.1, -0.05) is 12.1 Å². The van der Waals surface area contributed by atoms with Crippen molar-refractivity contribution in [2.45, 2.75) is 13.0 Å². The fraction of sp³-hybridized carbons (Fsp3) is 0.429. The van der Waals surface area contributed by atoms with E-state index >= 15 is 0 Å². The molecule has 1 aromatic rings. The first-order valence-corrected chi connectivity index (χ1v) is 8.59. The molecule has 120 valence electrons. The predicted molar refractivity (Wildman–Crippen MR) is 78.2 cm³/mol. The van der Waals surface area contributed by atoms with Crippen LogP contribution < -0.4 is 10.1 Å². The largest absolute Gasteiger partial charge is 0.482 e. The highest BCUT2D eigenvalue weighted by molar-refractivity contribution is 7.91. The summed E-state index contributed by atoms with van der Waals surface area (Å²) in [6.07, 6.45) is 0.357. The van der Waals surface area contributed by atoms with Gasteiger partial charge in [-0.3, -0.25) is 4.79 Å². The monoisotopic (exact) mass is 327 g/mol. The SMILES string of the molecule is O=C(O)COc1cccc(CNC(=O)C2CCS(=O)(=O)C2)c1. The molecule has 1 unspecified atom stereocenters. The molecule has 0 aliphatic carbocycles. The van der Waals surface area contributed by atoms with Crippen molar-refractivity contribution in [2.75, 3.05) is 18.1 Å². The first-order chi connectivity index (χ1) is 10.4. The van der Waals surface area contributed by atoms with Crippen LogP contribution >= 0.6 is 0 Å². The molecule has 0 spiro atoms. The van der Waals surface area contributed by atoms with Crippen LogP contribution in [0, 0.1) is 5.92 Å². The summed E-state index contributed by atoms with van der Waals surface area (Å²) in [6.45, 7) is -0.199. The van der Waals surface area contributed by atoms with Gasteiger partial charge in [0.15, 0.2) is 16.4 Å². The number of rotatable bonds is 6. The Balaban J connectivity index is 1.87. The smallest absolute Gasteiger partial charge is 0.341 e. The van der Waals surface area contributed by atoms with Crippen molar-refractivity contribution < 1.29 is 27.9 Å². The third-order valence-electron chi connectivity index (χ3n) is 3.33. The lowest BCUT2D eigenvalue weighted by molar-refractivity contribution is -0.139. The van der Waals surface area contributed by atoms with Crippen LogP contribution in [0.25, 0.3) is 0 Å². The van der Waals surface area contributed by atoms with Gasteiger partial charge in [0, 0.05) is 6.54 Å². The van der Waals surface area contributed by atoms with Crippen molar-refractivity contribution in [2.24, 2.45) is 5.92 Å². The lowest BCUT2D eigenvalue weighted by Crippen LogP contribution is -2.30. The number of aliphatic carboxylic acids is 1. The molecule has 8 heteroatoms. The van der Waals surface area contributed by atoms with Crippen LogP contribution in [0.2, 0.25) is 0 Å². The van der Waals surface area contributed by atoms with Crippen LogP contribution in [0.1, 0.15) is 12.0 Å². The molecule has 1 aromatic carbocycles. The summed E-state index contributed by atoms with van der Waals surface area (Å²) >= 11 is 0. The molecule has 1 amide bonds. The average molecular weight is 327 g/mol. The summed E-state index contributed by atoms with van der Waals surface area (Å²) in [5.41, 5.74) is 0.747. The van der Waals surface area contributed by atoms with E-state index in [-0.39, 0.29) is 24.0 Å². The molecule has 1 heterocycles. The van der Waals surface area contributed by atoms with Crippen LogP contribution in [-0.2, 0) is 26.0 Å². The number of hydrogen-bond acceptors (Lipinski definition) is 5. The highest BCUT2D eigenvalue weighted by Crippen LogP contribution is 2.19. The topological polar surface area (TPSA) is 110 Å². The maximum Gasteiger partial charge on any atom is 0.341 e. The maximum absolute atomic E-state index is 11.9. The Morgan fingerprint density at radius 1 is 1.36 bits per heavy atom. The molecular weight excluding hydrogens is 310 g/mol. The molecule has 1 fully saturated rings. The van der Waals surface area contributed by atoms with Crippen LogP contribution in [0.15, 0.2) is 24.3 Å². The van der Waals surface area contributed by atoms with E-state index in [9.17, 15) is 18.0 Å². The van der Waals surface area contributed by atoms with Crippen molar-refractivity contribution in [3.05, 3.63) is 29.8 Å². The second kappa shape index (κ2) is 6.78. The van der Waals surface area contributed by atoms with Crippen molar-refractivity contribution in [3.8, 4) is 5.75 Å². The fourth-order valence-electron chi connectivity index (χ4n) is 2.23. The molecule has 0 radical (unpaired) electrons. The summed E-state index contributed by atoms with van der Waals surface area (Å²) in [5.74, 6) is -1.47. The standard InChI is InChI=1S/C14H17NO6S/c16-13(17)8-21-12-3-1-2-10(6-12)7-15-14(18)11-4-5-22(19,20)9-11/h1-3,6,11H,4-5,7-9H2,(H,15,18)(H,16,17). The van der Waals surface area contributed by atoms with Gasteiger partial charge in [0.25, 0.3) is 0 Å². The number of carbonyl (C=O) groups is 2. The molecule has 0 bridgehead atoms. The van der Waals surface area contributed by atoms with Gasteiger partial charge >= 0.3 is 5.97 Å². The molecule has 22 heavy (non-hydrogen) atoms. The maximum atomic E-state index is 11.9. The predicted octanol–water partition coefficient (Wildman–Crippen LogP) is 0.201. The minimum atomic E-state index is -3.08. The van der Waals surface area contributed by atoms with Gasteiger partial charge < -0.3 is 15.2 Å². The number of hydrogen-bond donors (Lipinski definition) is 2. The van der Waals surface area contributed by atoms with Crippen LogP contribution in [0.3, 0.4) is 0 Å². The Hall–Kier alpha value is -2.09. The molecular formula is C14H17NO6S. The van der Waals surface area contributed by atoms with Gasteiger partial charge in [-0.25, -0.2) is 13.2 Å². The Morgan fingerprint density at radius 2 is 2.14 bits per heavy atom. The third-order valence-corrected chi connectivity index (χ3v) is 5.10. The summed E-state index contributed by atoms with van der Waals surface area (Å²) in [6, 6.07) is 6.71. The number of carboxylic acid groups (broad SMARTS) is 1. The summed E-state index contributed by atoms with van der Waals surface area (Å²) in [5, 5.41) is 11.2. The van der Waals surface area contributed by atoms with Gasteiger partial charge in [-0.2, -0.15) is 0 Å². The van der Waals surface area contributed by atoms with Gasteiger partial charge in [0.05, 0.1) is 17.4 Å². The lowest BCUT2D eigenvalue weighted by atomic mass is 10.1. The van der Waals surface area contributed by atoms with E-state index in [1.54, 1.807) is 24.3 Å². The van der Waals surface area contributed by atoms with Crippen molar-refractivity contribution in [3.63, 3.8) is 0 Å². The van der Waals surface area contributed by atoms with Crippen LogP contribution in [0.4, 0.5) is 0 Å². The van der Waals surface area contributed by atoms with Crippen molar-refractivity contribution >= 4 is 21.7 Å². The van der Waals surface area contributed by atoms with E-state index in [0.717, 1.165) is 5.56 Å². The highest BCUT2D eigenvalue weighted by Gasteiger charge is 2.32. The number of sulfone groups is 1. The number of nitrogens with one attached hydrogen (secondary N) is 1. The average Bonchev–Trinajstić information content (AvgIpc) is 2.83. The molecule has 1 saturated heterocycles. The minimum absolute atomic E-state index is 0.0591. The number of carbonyl (C=O) groups excluding carboxylic acids is 1. The molecule has 0 saturated carbocycles. The number of benzene rings is 1. The normalized spacial score (nSPS) is 19.5. The molecule has 0 aromatic heterocycles. The Bertz CT molecular complexity index is 670. The van der Waals surface area contributed by atoms with Crippen LogP contribution in [-0.4, -0.2) is 43.5 Å². The van der Waals surface area contributed by atoms with E-state index in [0.29, 0.717) is 12.2 Å². The quantitative estimate of drug-likeness (QED) is 0.772. The first-order valence-electron chi connectivity index (χ1n) is 6.77. The molecule has 1 aliphatic heterocycles. The second-order valence-corrected chi connectivity index (χ2v) is 7.38. The van der Waals surface area contributed by atoms with Gasteiger partial charge in [-0.15, -0.1) is 0 Å². The zero-order chi connectivity index (χ0) is 16.2. The highest BCUT2D eigenvalue weighted by atomic mass is 32.2. The molecule has 1 aliphatic rings. The fourth-order valence-corrected chi connectivity index (χ4v) is 3.97. The number of carboxylic acids is 1. The molecule has 2 N–H and O–H groups in total. The van der Waals surface area contributed by atoms with Gasteiger partial charge in [0.1, 0.15) is 5.75 Å². The Kier molecular flexibility index (Phi) is 5.02. The zero-order valence-electron chi connectivity index (χ0n) is 11.8. The lowest BCUT2D eigenvalue weighted by Gasteiger charge is -2.10. The van der Waals surface area contributed by atoms with Crippen molar-refractivity contribution in [1.29, 1.82) is 0 Å². The molecule has 1 atom stereocenters. The first kappa shape index (κ1) is 16.3. The summed E-state index contributed by atoms with van der Waals surface area (Å²) in [4.78, 5) is 22.4. The van der Waals surface area contributed by atoms with E-state index in [1.165, 1.54) is 0 Å². The number of amides is 1. The zero-order valence-corrected chi connectivity index (χ0v) is 12.6. The summed E-state index contributed by atoms with van der Waals surface area (Å²) in [7, 11) is -3.08. The minimum Gasteiger partial charge on any atom is -0.482 e. The van der Waals surface area contributed by atoms with E-state index in [4.69, 9.17) is 9.84 Å². The second-order valence-electron chi connectivity index (χ2n) is 5.15. The summed E-state index contributed by atoms with van der Waals surface area (Å²) < 4.78 is 27.7. The van der Waals surface area contributed by atoms with Gasteiger partial charge in [0.2, 0.25) is 5.91 Å². The Morgan fingerprint density at radius 3 is 2.77 bits per heavy atom. The van der Waals surface area contributed by atoms with Crippen LogP contribution in [0.5, 0.6) is 5.75 Å². The Labute approximate surface area is 128 Å². The van der Waals surface area contributed by atoms with E-state index in [2.05, 4.69) is 5.32 Å². The third kappa shape index (κ3) is 4.73. The molecule has 7 nitrogen and oxygen atoms in total.